The van der Waals surface area contributed by atoms with Gasteiger partial charge in [0.25, 0.3) is 5.91 Å². The van der Waals surface area contributed by atoms with Crippen molar-refractivity contribution in [2.24, 2.45) is 11.0 Å². The number of hydrogen-bond acceptors (Lipinski definition) is 3. The van der Waals surface area contributed by atoms with E-state index in [1.54, 1.807) is 0 Å². The van der Waals surface area contributed by atoms with Gasteiger partial charge in [0.05, 0.1) is 0 Å². The Morgan fingerprint density at radius 2 is 2.15 bits per heavy atom. The molecule has 2 rings (SSSR count). The fourth-order valence-electron chi connectivity index (χ4n) is 2.18. The number of ether oxygens (including phenoxy) is 1. The number of nitrogens with one attached hydrogen (secondary N) is 1. The summed E-state index contributed by atoms with van der Waals surface area (Å²) in [5, 5.41) is 4.22. The van der Waals surface area contributed by atoms with E-state index in [9.17, 15) is 4.79 Å². The van der Waals surface area contributed by atoms with Gasteiger partial charge in [-0.1, -0.05) is 29.3 Å². The Balaban J connectivity index is 1.77. The topological polar surface area (TPSA) is 50.7 Å². The fourth-order valence-corrected chi connectivity index (χ4v) is 2.45. The Morgan fingerprint density at radius 3 is 2.85 bits per heavy atom. The second kappa shape index (κ2) is 7.43. The standard InChI is InChI=1S/C15H19BrN2O2/c1-11-4-2-3-5-14(11)17-18-15(19)10-20-13-8-6-12(16)7-9-13/h6-9,11H,2-5,10H2,1H3,(H,18,19)/b17-14-/t11-/m0/s1. The van der Waals surface area contributed by atoms with E-state index in [4.69, 9.17) is 4.74 Å². The van der Waals surface area contributed by atoms with E-state index < -0.39 is 0 Å². The van der Waals surface area contributed by atoms with E-state index in [1.165, 1.54) is 6.42 Å². The third-order valence-corrected chi connectivity index (χ3v) is 3.93. The Bertz CT molecular complexity index is 485. The quantitative estimate of drug-likeness (QED) is 0.854. The molecule has 0 spiro atoms. The predicted molar refractivity (Wildman–Crippen MR) is 82.8 cm³/mol. The number of amides is 1. The number of rotatable bonds is 4. The second-order valence-electron chi connectivity index (χ2n) is 5.03. The van der Waals surface area contributed by atoms with Crippen molar-refractivity contribution in [2.75, 3.05) is 6.61 Å². The Labute approximate surface area is 127 Å². The molecule has 1 atom stereocenters. The minimum Gasteiger partial charge on any atom is -0.484 e. The predicted octanol–water partition coefficient (Wildman–Crippen LogP) is 3.51. The van der Waals surface area contributed by atoms with Crippen LogP contribution in [0.3, 0.4) is 0 Å². The van der Waals surface area contributed by atoms with Gasteiger partial charge < -0.3 is 4.74 Å². The van der Waals surface area contributed by atoms with Crippen molar-refractivity contribution < 1.29 is 9.53 Å². The maximum absolute atomic E-state index is 11.7. The Hall–Kier alpha value is -1.36. The van der Waals surface area contributed by atoms with Crippen LogP contribution in [0.2, 0.25) is 0 Å². The molecular weight excluding hydrogens is 320 g/mol. The molecule has 4 nitrogen and oxygen atoms in total. The second-order valence-corrected chi connectivity index (χ2v) is 5.94. The molecule has 1 aromatic rings. The summed E-state index contributed by atoms with van der Waals surface area (Å²) >= 11 is 3.35. The van der Waals surface area contributed by atoms with Gasteiger partial charge in [-0.3, -0.25) is 4.79 Å². The molecule has 0 bridgehead atoms. The van der Waals surface area contributed by atoms with Gasteiger partial charge in [-0.05, 0) is 49.4 Å². The molecule has 5 heteroatoms. The van der Waals surface area contributed by atoms with Gasteiger partial charge in [0, 0.05) is 10.2 Å². The number of carbonyl (C=O) groups is 1. The summed E-state index contributed by atoms with van der Waals surface area (Å²) in [6.07, 6.45) is 4.55. The molecule has 0 aliphatic heterocycles. The summed E-state index contributed by atoms with van der Waals surface area (Å²) in [5.41, 5.74) is 3.67. The highest BCUT2D eigenvalue weighted by Gasteiger charge is 2.16. The van der Waals surface area contributed by atoms with E-state index in [0.29, 0.717) is 11.7 Å². The highest BCUT2D eigenvalue weighted by molar-refractivity contribution is 9.10. The first-order valence-electron chi connectivity index (χ1n) is 6.89. The average molecular weight is 339 g/mol. The van der Waals surface area contributed by atoms with Gasteiger partial charge in [0.15, 0.2) is 6.61 Å². The van der Waals surface area contributed by atoms with Crippen LogP contribution in [0.15, 0.2) is 33.8 Å². The third kappa shape index (κ3) is 4.63. The van der Waals surface area contributed by atoms with E-state index in [-0.39, 0.29) is 12.5 Å². The molecule has 0 heterocycles. The molecule has 1 saturated carbocycles. The van der Waals surface area contributed by atoms with E-state index in [0.717, 1.165) is 29.4 Å². The fraction of sp³-hybridized carbons (Fsp3) is 0.467. The lowest BCUT2D eigenvalue weighted by atomic mass is 9.89. The van der Waals surface area contributed by atoms with E-state index >= 15 is 0 Å². The normalized spacial score (nSPS) is 20.7. The monoisotopic (exact) mass is 338 g/mol. The lowest BCUT2D eigenvalue weighted by Crippen LogP contribution is -2.28. The Kier molecular flexibility index (Phi) is 5.59. The summed E-state index contributed by atoms with van der Waals surface area (Å²) in [6, 6.07) is 7.37. The molecule has 0 saturated heterocycles. The number of hydrogen-bond donors (Lipinski definition) is 1. The number of halogens is 1. The summed E-state index contributed by atoms with van der Waals surface area (Å²) in [5.74, 6) is 0.914. The van der Waals surface area contributed by atoms with Crippen LogP contribution in [0.4, 0.5) is 0 Å². The van der Waals surface area contributed by atoms with Crippen LogP contribution in [-0.2, 0) is 4.79 Å². The van der Waals surface area contributed by atoms with Crippen molar-refractivity contribution in [3.05, 3.63) is 28.7 Å². The molecule has 1 amide bonds. The summed E-state index contributed by atoms with van der Waals surface area (Å²) in [6.45, 7) is 2.13. The van der Waals surface area contributed by atoms with Crippen molar-refractivity contribution in [3.8, 4) is 5.75 Å². The molecule has 0 aromatic heterocycles. The smallest absolute Gasteiger partial charge is 0.277 e. The molecule has 0 unspecified atom stereocenters. The maximum atomic E-state index is 11.7. The van der Waals surface area contributed by atoms with Crippen molar-refractivity contribution in [2.45, 2.75) is 32.6 Å². The van der Waals surface area contributed by atoms with Crippen LogP contribution >= 0.6 is 15.9 Å². The van der Waals surface area contributed by atoms with Gasteiger partial charge in [-0.2, -0.15) is 5.10 Å². The first-order chi connectivity index (χ1) is 9.65. The number of carbonyl (C=O) groups excluding carboxylic acids is 1. The Morgan fingerprint density at radius 1 is 1.40 bits per heavy atom. The highest BCUT2D eigenvalue weighted by Crippen LogP contribution is 2.20. The number of hydrazone groups is 1. The van der Waals surface area contributed by atoms with Gasteiger partial charge in [-0.25, -0.2) is 5.43 Å². The van der Waals surface area contributed by atoms with Gasteiger partial charge in [0.1, 0.15) is 5.75 Å². The van der Waals surface area contributed by atoms with Gasteiger partial charge >= 0.3 is 0 Å². The van der Waals surface area contributed by atoms with Crippen molar-refractivity contribution in [1.29, 1.82) is 0 Å². The molecule has 20 heavy (non-hydrogen) atoms. The third-order valence-electron chi connectivity index (χ3n) is 3.40. The molecule has 1 aliphatic rings. The van der Waals surface area contributed by atoms with E-state index in [1.807, 2.05) is 24.3 Å². The summed E-state index contributed by atoms with van der Waals surface area (Å²) < 4.78 is 6.37. The van der Waals surface area contributed by atoms with Crippen LogP contribution in [0.1, 0.15) is 32.6 Å². The molecule has 1 N–H and O–H groups in total. The number of benzene rings is 1. The highest BCUT2D eigenvalue weighted by atomic mass is 79.9. The van der Waals surface area contributed by atoms with Crippen LogP contribution in [0, 0.1) is 5.92 Å². The minimum absolute atomic E-state index is 0.0210. The van der Waals surface area contributed by atoms with Crippen LogP contribution in [0.25, 0.3) is 0 Å². The number of nitrogens with zero attached hydrogens (tertiary/aromatic N) is 1. The van der Waals surface area contributed by atoms with Crippen LogP contribution in [-0.4, -0.2) is 18.2 Å². The minimum atomic E-state index is -0.224. The zero-order chi connectivity index (χ0) is 14.4. The molecule has 1 aromatic carbocycles. The zero-order valence-corrected chi connectivity index (χ0v) is 13.1. The lowest BCUT2D eigenvalue weighted by molar-refractivity contribution is -0.123. The lowest BCUT2D eigenvalue weighted by Gasteiger charge is -2.19. The first-order valence-corrected chi connectivity index (χ1v) is 7.68. The molecule has 0 radical (unpaired) electrons. The molecule has 108 valence electrons. The van der Waals surface area contributed by atoms with Crippen LogP contribution < -0.4 is 10.2 Å². The first kappa shape index (κ1) is 15.0. The zero-order valence-electron chi connectivity index (χ0n) is 11.6. The maximum Gasteiger partial charge on any atom is 0.277 e. The van der Waals surface area contributed by atoms with Gasteiger partial charge in [0.2, 0.25) is 0 Å². The molecular formula is C15H19BrN2O2. The largest absolute Gasteiger partial charge is 0.484 e. The van der Waals surface area contributed by atoms with Crippen molar-refractivity contribution in [1.82, 2.24) is 5.43 Å². The molecule has 1 aliphatic carbocycles. The molecule has 1 fully saturated rings. The average Bonchev–Trinajstić information content (AvgIpc) is 2.46. The summed E-state index contributed by atoms with van der Waals surface area (Å²) in [4.78, 5) is 11.7. The van der Waals surface area contributed by atoms with Crippen LogP contribution in [0.5, 0.6) is 5.75 Å². The SMILES string of the molecule is C[C@H]1CCCC/C1=N/NC(=O)COc1ccc(Br)cc1. The van der Waals surface area contributed by atoms with Gasteiger partial charge in [-0.15, -0.1) is 0 Å². The van der Waals surface area contributed by atoms with Crippen molar-refractivity contribution in [3.63, 3.8) is 0 Å². The van der Waals surface area contributed by atoms with E-state index in [2.05, 4.69) is 33.4 Å². The van der Waals surface area contributed by atoms with Crippen molar-refractivity contribution >= 4 is 27.5 Å². The summed E-state index contributed by atoms with van der Waals surface area (Å²) in [7, 11) is 0.